The number of aromatic nitrogens is 1. The molecule has 0 saturated heterocycles. The summed E-state index contributed by atoms with van der Waals surface area (Å²) in [6.45, 7) is -2.56. The van der Waals surface area contributed by atoms with Crippen LogP contribution in [0.25, 0.3) is 0 Å². The van der Waals surface area contributed by atoms with Crippen LogP contribution >= 0.6 is 0 Å². The number of hydrogen-bond donors (Lipinski definition) is 2. The summed E-state index contributed by atoms with van der Waals surface area (Å²) in [6, 6.07) is 9.63. The molecule has 0 aliphatic carbocycles. The fourth-order valence-electron chi connectivity index (χ4n) is 1.33. The van der Waals surface area contributed by atoms with E-state index in [-0.39, 0.29) is 5.69 Å². The number of carbonyl (C=O) groups excluding carboxylic acids is 1. The first-order chi connectivity index (χ1) is 9.83. The lowest BCUT2D eigenvalue weighted by Crippen LogP contribution is -2.18. The van der Waals surface area contributed by atoms with Crippen molar-refractivity contribution in [3.05, 3.63) is 48.3 Å². The molecule has 0 unspecified atom stereocenters. The van der Waals surface area contributed by atoms with E-state index in [4.69, 9.17) is 14.6 Å². The molecule has 18 heavy (non-hydrogen) atoms. The molecule has 5 nitrogen and oxygen atoms in total. The number of anilines is 1. The second-order valence-electron chi connectivity index (χ2n) is 3.50. The lowest BCUT2D eigenvalue weighted by Gasteiger charge is -2.06. The average Bonchev–Trinajstić information content (AvgIpc) is 2.40. The minimum Gasteiger partial charge on any atom is -0.457 e. The Morgan fingerprint density at radius 1 is 1.33 bits per heavy atom. The van der Waals surface area contributed by atoms with Crippen LogP contribution in [0.15, 0.2) is 42.6 Å². The molecule has 0 fully saturated rings. The second kappa shape index (κ2) is 5.18. The van der Waals surface area contributed by atoms with Crippen molar-refractivity contribution < 1.29 is 13.6 Å². The zero-order chi connectivity index (χ0) is 15.5. The molecule has 1 aromatic carbocycles. The predicted molar refractivity (Wildman–Crippen MR) is 68.6 cm³/mol. The third-order valence-corrected chi connectivity index (χ3v) is 2.19. The molecule has 1 amide bonds. The molecule has 3 N–H and O–H groups in total. The summed E-state index contributed by atoms with van der Waals surface area (Å²) in [7, 11) is 0. The van der Waals surface area contributed by atoms with Crippen molar-refractivity contribution in [2.75, 3.05) is 12.7 Å². The van der Waals surface area contributed by atoms with Gasteiger partial charge < -0.3 is 15.8 Å². The van der Waals surface area contributed by atoms with Gasteiger partial charge in [0.25, 0.3) is 5.91 Å². The smallest absolute Gasteiger partial charge is 0.269 e. The van der Waals surface area contributed by atoms with Crippen molar-refractivity contribution in [1.82, 2.24) is 10.3 Å². The van der Waals surface area contributed by atoms with E-state index >= 15 is 0 Å². The molecular weight excluding hydrogens is 231 g/mol. The molecular formula is C13H13N3O2. The lowest BCUT2D eigenvalue weighted by molar-refractivity contribution is 0.0958. The number of nitrogens with one attached hydrogen (secondary N) is 1. The summed E-state index contributed by atoms with van der Waals surface area (Å²) in [4.78, 5) is 15.5. The van der Waals surface area contributed by atoms with E-state index < -0.39 is 12.9 Å². The molecule has 0 aliphatic rings. The van der Waals surface area contributed by atoms with Gasteiger partial charge in [0.15, 0.2) is 0 Å². The number of nitrogens with zero attached hydrogens (tertiary/aromatic N) is 1. The number of rotatable bonds is 3. The van der Waals surface area contributed by atoms with Crippen molar-refractivity contribution in [2.24, 2.45) is 0 Å². The van der Waals surface area contributed by atoms with Crippen molar-refractivity contribution in [3.63, 3.8) is 0 Å². The van der Waals surface area contributed by atoms with Gasteiger partial charge in [0, 0.05) is 29.0 Å². The first-order valence-corrected chi connectivity index (χ1v) is 5.15. The molecule has 0 atom stereocenters. The summed E-state index contributed by atoms with van der Waals surface area (Å²) in [6.07, 6.45) is 1.36. The number of nitrogen functional groups attached to an aromatic ring is 1. The summed E-state index contributed by atoms with van der Waals surface area (Å²) in [5, 5.41) is 1.86. The highest BCUT2D eigenvalue weighted by Crippen LogP contribution is 2.22. The van der Waals surface area contributed by atoms with E-state index in [2.05, 4.69) is 4.98 Å². The Morgan fingerprint density at radius 2 is 2.11 bits per heavy atom. The monoisotopic (exact) mass is 247 g/mol. The van der Waals surface area contributed by atoms with E-state index in [9.17, 15) is 4.79 Å². The van der Waals surface area contributed by atoms with Gasteiger partial charge >= 0.3 is 0 Å². The largest absolute Gasteiger partial charge is 0.457 e. The van der Waals surface area contributed by atoms with Gasteiger partial charge in [-0.3, -0.25) is 9.78 Å². The number of ether oxygens (including phenoxy) is 1. The van der Waals surface area contributed by atoms with Crippen molar-refractivity contribution in [2.45, 2.75) is 0 Å². The lowest BCUT2D eigenvalue weighted by atomic mass is 10.3. The Kier molecular flexibility index (Phi) is 2.45. The van der Waals surface area contributed by atoms with E-state index in [1.807, 2.05) is 5.32 Å². The normalized spacial score (nSPS) is 13.0. The van der Waals surface area contributed by atoms with Crippen molar-refractivity contribution in [1.29, 1.82) is 0 Å². The molecule has 0 saturated carbocycles. The molecule has 1 aromatic heterocycles. The average molecular weight is 247 g/mol. The number of nitrogens with two attached hydrogens (primary N) is 1. The Balaban J connectivity index is 2.14. The highest BCUT2D eigenvalue weighted by molar-refractivity contribution is 5.92. The molecule has 0 bridgehead atoms. The highest BCUT2D eigenvalue weighted by Gasteiger charge is 2.06. The van der Waals surface area contributed by atoms with Crippen molar-refractivity contribution >= 4 is 11.6 Å². The molecule has 2 aromatic rings. The fourth-order valence-corrected chi connectivity index (χ4v) is 1.33. The maximum Gasteiger partial charge on any atom is 0.269 e. The van der Waals surface area contributed by atoms with Gasteiger partial charge in [0.1, 0.15) is 17.2 Å². The molecule has 0 spiro atoms. The number of carbonyl (C=O) groups is 1. The number of hydrogen-bond acceptors (Lipinski definition) is 4. The summed E-state index contributed by atoms with van der Waals surface area (Å²) < 4.78 is 26.5. The van der Waals surface area contributed by atoms with Gasteiger partial charge in [0.2, 0.25) is 0 Å². The minimum atomic E-state index is -2.56. The standard InChI is InChI=1S/C13H13N3O2/c1-15-13(17)12-8-11(6-7-16-12)18-10-4-2-9(14)3-5-10/h2-8H,14H2,1H3,(H,15,17)/i1D3,15+1. The number of amides is 1. The Bertz CT molecular complexity index is 642. The zero-order valence-electron chi connectivity index (χ0n) is 12.4. The second-order valence-corrected chi connectivity index (χ2v) is 3.50. The van der Waals surface area contributed by atoms with Crippen LogP contribution in [0.1, 0.15) is 14.6 Å². The van der Waals surface area contributed by atoms with E-state index in [0.29, 0.717) is 17.2 Å². The number of pyridine rings is 1. The van der Waals surface area contributed by atoms with Gasteiger partial charge in [-0.05, 0) is 30.3 Å². The van der Waals surface area contributed by atoms with Crippen LogP contribution in [-0.4, -0.2) is 17.9 Å². The quantitative estimate of drug-likeness (QED) is 0.640. The van der Waals surface area contributed by atoms with Gasteiger partial charge in [-0.25, -0.2) is 0 Å². The van der Waals surface area contributed by atoms with Gasteiger partial charge in [0.05, 0.1) is 0 Å². The minimum absolute atomic E-state index is 0.0425. The molecule has 2 rings (SSSR count). The van der Waals surface area contributed by atoms with Crippen LogP contribution in [0.4, 0.5) is 5.69 Å². The molecule has 0 aliphatic heterocycles. The van der Waals surface area contributed by atoms with Gasteiger partial charge in [-0.15, -0.1) is 0 Å². The SMILES string of the molecule is [2H]C([2H])([2H])[15NH]C(=O)c1cc(Oc2ccc(N)cc2)ccn1. The van der Waals surface area contributed by atoms with Crippen LogP contribution in [0.3, 0.4) is 0 Å². The molecule has 92 valence electrons. The van der Waals surface area contributed by atoms with Gasteiger partial charge in [-0.2, -0.15) is 0 Å². The van der Waals surface area contributed by atoms with Crippen LogP contribution in [0, 0.1) is 0 Å². The van der Waals surface area contributed by atoms with Crippen molar-refractivity contribution in [3.8, 4) is 11.5 Å². The third kappa shape index (κ3) is 2.76. The molecule has 1 heterocycles. The van der Waals surface area contributed by atoms with Crippen LogP contribution in [-0.2, 0) is 0 Å². The van der Waals surface area contributed by atoms with Crippen LogP contribution < -0.4 is 15.8 Å². The number of benzene rings is 1. The maximum atomic E-state index is 11.7. The third-order valence-electron chi connectivity index (χ3n) is 2.19. The molecule has 5 heteroatoms. The van der Waals surface area contributed by atoms with E-state index in [1.54, 1.807) is 30.3 Å². The summed E-state index contributed by atoms with van der Waals surface area (Å²) in [5.41, 5.74) is 6.13. The Hall–Kier alpha value is -2.56. The Labute approximate surface area is 109 Å². The highest BCUT2D eigenvalue weighted by atomic mass is 16.5. The van der Waals surface area contributed by atoms with Crippen LogP contribution in [0.2, 0.25) is 0 Å². The first-order valence-electron chi connectivity index (χ1n) is 6.65. The summed E-state index contributed by atoms with van der Waals surface area (Å²) >= 11 is 0. The van der Waals surface area contributed by atoms with Gasteiger partial charge in [-0.1, -0.05) is 0 Å². The Morgan fingerprint density at radius 3 is 2.83 bits per heavy atom. The predicted octanol–water partition coefficient (Wildman–Crippen LogP) is 1.82. The summed E-state index contributed by atoms with van der Waals surface area (Å²) in [5.74, 6) is 0.112. The zero-order valence-corrected chi connectivity index (χ0v) is 9.38. The van der Waals surface area contributed by atoms with Crippen LogP contribution in [0.5, 0.6) is 11.5 Å². The van der Waals surface area contributed by atoms with E-state index in [1.165, 1.54) is 12.3 Å². The first kappa shape index (κ1) is 8.52. The maximum absolute atomic E-state index is 11.7. The molecule has 0 radical (unpaired) electrons. The van der Waals surface area contributed by atoms with E-state index in [0.717, 1.165) is 0 Å². The topological polar surface area (TPSA) is 77.2 Å². The fraction of sp³-hybridized carbons (Fsp3) is 0.0769.